The fraction of sp³-hybridized carbons (Fsp3) is 0.261. The molecule has 4 rings (SSSR count). The third-order valence-corrected chi connectivity index (χ3v) is 5.22. The number of methoxy groups -OCH3 is 1. The van der Waals surface area contributed by atoms with Gasteiger partial charge in [0.25, 0.3) is 5.91 Å². The van der Waals surface area contributed by atoms with Crippen LogP contribution >= 0.6 is 0 Å². The first-order valence-electron chi connectivity index (χ1n) is 10.0. The van der Waals surface area contributed by atoms with Gasteiger partial charge in [0.2, 0.25) is 5.88 Å². The highest BCUT2D eigenvalue weighted by atomic mass is 16.5. The molecule has 0 saturated carbocycles. The Morgan fingerprint density at radius 3 is 2.87 bits per heavy atom. The number of nitrogens with one attached hydrogen (secondary N) is 1. The number of nitrogens with zero attached hydrogens (tertiary/aromatic N) is 5. The number of carbonyl (C=O) groups excluding carboxylic acids is 1. The molecule has 0 fully saturated rings. The molecule has 0 bridgehead atoms. The standard InChI is InChI=1S/C23H22N6O2/c1-14(2)22-15(11-24)5-4-6-19(22)23(30)27-17-8-7-16-12-26-29(20(16)9-17)18-10-21(31-3)28-25-13-18/h6-10,12-14H,4-5H2,1-3H3,(H,27,30). The molecule has 8 heteroatoms. The van der Waals surface area contributed by atoms with Gasteiger partial charge in [0.05, 0.1) is 36.8 Å². The Morgan fingerprint density at radius 2 is 2.13 bits per heavy atom. The van der Waals surface area contributed by atoms with Crippen molar-refractivity contribution in [1.29, 1.82) is 5.26 Å². The first-order chi connectivity index (χ1) is 15.0. The maximum atomic E-state index is 13.1. The van der Waals surface area contributed by atoms with E-state index in [1.54, 1.807) is 23.1 Å². The molecule has 1 amide bonds. The van der Waals surface area contributed by atoms with E-state index in [-0.39, 0.29) is 11.8 Å². The third-order valence-electron chi connectivity index (χ3n) is 5.22. The molecule has 0 atom stereocenters. The summed E-state index contributed by atoms with van der Waals surface area (Å²) in [5.74, 6) is 0.259. The van der Waals surface area contributed by atoms with Crippen LogP contribution in [0.3, 0.4) is 0 Å². The Kier molecular flexibility index (Phi) is 5.50. The van der Waals surface area contributed by atoms with E-state index in [0.29, 0.717) is 41.2 Å². The van der Waals surface area contributed by atoms with Crippen LogP contribution in [0.15, 0.2) is 59.5 Å². The average molecular weight is 414 g/mol. The minimum Gasteiger partial charge on any atom is -0.480 e. The van der Waals surface area contributed by atoms with Crippen LogP contribution in [0.1, 0.15) is 26.7 Å². The molecule has 1 N–H and O–H groups in total. The van der Waals surface area contributed by atoms with E-state index in [1.807, 2.05) is 38.1 Å². The molecule has 3 aromatic rings. The minimum atomic E-state index is -0.214. The number of amides is 1. The number of ether oxygens (including phenoxy) is 1. The summed E-state index contributed by atoms with van der Waals surface area (Å²) in [4.78, 5) is 13.1. The Hall–Kier alpha value is -3.99. The van der Waals surface area contributed by atoms with Crippen molar-refractivity contribution in [3.8, 4) is 17.6 Å². The van der Waals surface area contributed by atoms with Crippen molar-refractivity contribution in [1.82, 2.24) is 20.0 Å². The van der Waals surface area contributed by atoms with Gasteiger partial charge in [-0.3, -0.25) is 4.79 Å². The normalized spacial score (nSPS) is 13.8. The van der Waals surface area contributed by atoms with Crippen LogP contribution in [0.4, 0.5) is 5.69 Å². The molecule has 156 valence electrons. The van der Waals surface area contributed by atoms with Crippen molar-refractivity contribution in [3.05, 3.63) is 59.5 Å². The number of aromatic nitrogens is 4. The van der Waals surface area contributed by atoms with Crippen molar-refractivity contribution >= 4 is 22.5 Å². The predicted octanol–water partition coefficient (Wildman–Crippen LogP) is 3.96. The molecule has 0 aliphatic heterocycles. The van der Waals surface area contributed by atoms with Crippen LogP contribution in [0.25, 0.3) is 16.6 Å². The maximum Gasteiger partial charge on any atom is 0.255 e. The van der Waals surface area contributed by atoms with E-state index >= 15 is 0 Å². The largest absolute Gasteiger partial charge is 0.480 e. The van der Waals surface area contributed by atoms with Gasteiger partial charge < -0.3 is 10.1 Å². The van der Waals surface area contributed by atoms with E-state index < -0.39 is 0 Å². The summed E-state index contributed by atoms with van der Waals surface area (Å²) in [5.41, 5.74) is 4.24. The van der Waals surface area contributed by atoms with Gasteiger partial charge in [-0.1, -0.05) is 19.9 Å². The summed E-state index contributed by atoms with van der Waals surface area (Å²) in [5, 5.41) is 25.6. The Bertz CT molecular complexity index is 1260. The first kappa shape index (κ1) is 20.3. The SMILES string of the molecule is COc1cc(-n2ncc3ccc(NC(=O)C4=CCCC(C#N)=C4C(C)C)cc32)cnn1. The minimum absolute atomic E-state index is 0.0880. The number of rotatable bonds is 5. The van der Waals surface area contributed by atoms with Crippen molar-refractivity contribution < 1.29 is 9.53 Å². The zero-order valence-electron chi connectivity index (χ0n) is 17.6. The summed E-state index contributed by atoms with van der Waals surface area (Å²) in [6.45, 7) is 4.00. The summed E-state index contributed by atoms with van der Waals surface area (Å²) < 4.78 is 6.87. The van der Waals surface area contributed by atoms with Gasteiger partial charge in [0.15, 0.2) is 0 Å². The number of carbonyl (C=O) groups is 1. The monoisotopic (exact) mass is 414 g/mol. The van der Waals surface area contributed by atoms with E-state index in [1.165, 1.54) is 7.11 Å². The molecule has 8 nitrogen and oxygen atoms in total. The predicted molar refractivity (Wildman–Crippen MR) is 117 cm³/mol. The fourth-order valence-electron chi connectivity index (χ4n) is 3.81. The molecule has 0 unspecified atom stereocenters. The highest BCUT2D eigenvalue weighted by Crippen LogP contribution is 2.32. The lowest BCUT2D eigenvalue weighted by Gasteiger charge is -2.21. The van der Waals surface area contributed by atoms with Crippen LogP contribution < -0.4 is 10.1 Å². The first-order valence-corrected chi connectivity index (χ1v) is 10.0. The summed E-state index contributed by atoms with van der Waals surface area (Å²) in [6.07, 6.45) is 6.62. The van der Waals surface area contributed by atoms with Gasteiger partial charge in [-0.15, -0.1) is 5.10 Å². The third kappa shape index (κ3) is 3.90. The smallest absolute Gasteiger partial charge is 0.255 e. The summed E-state index contributed by atoms with van der Waals surface area (Å²) in [7, 11) is 1.53. The van der Waals surface area contributed by atoms with Crippen LogP contribution in [0.2, 0.25) is 0 Å². The number of hydrogen-bond acceptors (Lipinski definition) is 6. The van der Waals surface area contributed by atoms with E-state index in [4.69, 9.17) is 4.74 Å². The number of allylic oxidation sites excluding steroid dienone is 2. The molecular formula is C23H22N6O2. The second kappa shape index (κ2) is 8.40. The number of hydrogen-bond donors (Lipinski definition) is 1. The van der Waals surface area contributed by atoms with Crippen LogP contribution in [-0.2, 0) is 4.79 Å². The summed E-state index contributed by atoms with van der Waals surface area (Å²) >= 11 is 0. The quantitative estimate of drug-likeness (QED) is 0.677. The Balaban J connectivity index is 1.67. The molecule has 0 radical (unpaired) electrons. The van der Waals surface area contributed by atoms with Crippen molar-refractivity contribution in [2.75, 3.05) is 12.4 Å². The number of nitriles is 1. The molecule has 0 saturated heterocycles. The Labute approximate surface area is 179 Å². The van der Waals surface area contributed by atoms with Crippen LogP contribution in [0.5, 0.6) is 5.88 Å². The second-order valence-electron chi connectivity index (χ2n) is 7.56. The van der Waals surface area contributed by atoms with Crippen molar-refractivity contribution in [2.24, 2.45) is 5.92 Å². The zero-order chi connectivity index (χ0) is 22.0. The Morgan fingerprint density at radius 1 is 1.29 bits per heavy atom. The second-order valence-corrected chi connectivity index (χ2v) is 7.56. The molecule has 2 heterocycles. The van der Waals surface area contributed by atoms with Crippen molar-refractivity contribution in [3.63, 3.8) is 0 Å². The van der Waals surface area contributed by atoms with E-state index in [9.17, 15) is 10.1 Å². The lowest BCUT2D eigenvalue weighted by molar-refractivity contribution is -0.112. The van der Waals surface area contributed by atoms with Gasteiger partial charge >= 0.3 is 0 Å². The highest BCUT2D eigenvalue weighted by molar-refractivity contribution is 6.08. The molecular weight excluding hydrogens is 392 g/mol. The fourth-order valence-corrected chi connectivity index (χ4v) is 3.81. The molecule has 31 heavy (non-hydrogen) atoms. The molecule has 1 aromatic carbocycles. The lowest BCUT2D eigenvalue weighted by Crippen LogP contribution is -2.20. The maximum absolute atomic E-state index is 13.1. The molecule has 0 spiro atoms. The van der Waals surface area contributed by atoms with Gasteiger partial charge in [0, 0.05) is 28.3 Å². The lowest BCUT2D eigenvalue weighted by atomic mass is 9.84. The molecule has 1 aliphatic carbocycles. The van der Waals surface area contributed by atoms with Crippen LogP contribution in [-0.4, -0.2) is 33.0 Å². The van der Waals surface area contributed by atoms with Gasteiger partial charge in [0.1, 0.15) is 0 Å². The van der Waals surface area contributed by atoms with Crippen LogP contribution in [0, 0.1) is 17.2 Å². The van der Waals surface area contributed by atoms with Crippen molar-refractivity contribution in [2.45, 2.75) is 26.7 Å². The summed E-state index contributed by atoms with van der Waals surface area (Å²) in [6, 6.07) is 9.60. The number of benzene rings is 1. The van der Waals surface area contributed by atoms with Gasteiger partial charge in [-0.25, -0.2) is 4.68 Å². The number of fused-ring (bicyclic) bond motifs is 1. The zero-order valence-corrected chi connectivity index (χ0v) is 17.6. The van der Waals surface area contributed by atoms with E-state index in [2.05, 4.69) is 26.7 Å². The van der Waals surface area contributed by atoms with Gasteiger partial charge in [-0.2, -0.15) is 15.5 Å². The molecule has 1 aliphatic rings. The average Bonchev–Trinajstić information content (AvgIpc) is 3.21. The van der Waals surface area contributed by atoms with E-state index in [0.717, 1.165) is 16.5 Å². The highest BCUT2D eigenvalue weighted by Gasteiger charge is 2.24. The topological polar surface area (TPSA) is 106 Å². The van der Waals surface area contributed by atoms with Gasteiger partial charge in [-0.05, 0) is 42.5 Å². The molecule has 2 aromatic heterocycles. The number of anilines is 1.